The second kappa shape index (κ2) is 6.30. The molecule has 4 nitrogen and oxygen atoms in total. The fraction of sp³-hybridized carbons (Fsp3) is 0.0667. The average molecular weight is 317 g/mol. The van der Waals surface area contributed by atoms with Crippen LogP contribution in [-0.2, 0) is 5.75 Å². The van der Waals surface area contributed by atoms with Crippen LogP contribution in [0.3, 0.4) is 0 Å². The number of nitrogens with two attached hydrogens (primary N) is 1. The summed E-state index contributed by atoms with van der Waals surface area (Å²) < 4.78 is 0. The number of benzene rings is 1. The lowest BCUT2D eigenvalue weighted by molar-refractivity contribution is 1.13. The lowest BCUT2D eigenvalue weighted by Gasteiger charge is -2.10. The van der Waals surface area contributed by atoms with Crippen molar-refractivity contribution in [3.63, 3.8) is 0 Å². The summed E-state index contributed by atoms with van der Waals surface area (Å²) in [5, 5.41) is 2.54. The fourth-order valence-corrected chi connectivity index (χ4v) is 3.16. The smallest absolute Gasteiger partial charge is 0.144 e. The Kier molecular flexibility index (Phi) is 4.24. The molecule has 6 heteroatoms. The number of nitrogen functional groups attached to an aromatic ring is 1. The zero-order valence-corrected chi connectivity index (χ0v) is 12.7. The number of nitrogens with one attached hydrogen (secondary N) is 1. The molecule has 0 bridgehead atoms. The number of pyridine rings is 2. The Labute approximate surface area is 131 Å². The first kappa shape index (κ1) is 14.1. The maximum absolute atomic E-state index is 6.12. The van der Waals surface area contributed by atoms with Crippen LogP contribution in [0.2, 0.25) is 5.02 Å². The van der Waals surface area contributed by atoms with Gasteiger partial charge >= 0.3 is 0 Å². The van der Waals surface area contributed by atoms with Crippen LogP contribution in [-0.4, -0.2) is 9.97 Å². The van der Waals surface area contributed by atoms with Crippen LogP contribution < -0.4 is 11.3 Å². The van der Waals surface area contributed by atoms with Crippen LogP contribution in [0.4, 0.5) is 5.82 Å². The number of para-hydroxylation sites is 1. The maximum Gasteiger partial charge on any atom is 0.144 e. The molecule has 0 aliphatic rings. The van der Waals surface area contributed by atoms with Crippen LogP contribution in [0, 0.1) is 0 Å². The maximum atomic E-state index is 6.12. The second-order valence-corrected chi connectivity index (χ2v) is 5.78. The predicted octanol–water partition coefficient (Wildman–Crippen LogP) is 3.86. The predicted molar refractivity (Wildman–Crippen MR) is 88.4 cm³/mol. The molecule has 0 amide bonds. The molecule has 0 aliphatic heterocycles. The summed E-state index contributed by atoms with van der Waals surface area (Å²) in [5.74, 6) is 6.94. The molecule has 21 heavy (non-hydrogen) atoms. The van der Waals surface area contributed by atoms with E-state index in [2.05, 4.69) is 21.5 Å². The number of hydrogen-bond donors (Lipinski definition) is 2. The van der Waals surface area contributed by atoms with Crippen molar-refractivity contribution in [2.75, 3.05) is 5.43 Å². The first-order chi connectivity index (χ1) is 10.3. The minimum Gasteiger partial charge on any atom is -0.308 e. The summed E-state index contributed by atoms with van der Waals surface area (Å²) in [6, 6.07) is 13.7. The molecular weight excluding hydrogens is 304 g/mol. The van der Waals surface area contributed by atoms with Crippen molar-refractivity contribution < 1.29 is 0 Å². The molecule has 3 rings (SSSR count). The lowest BCUT2D eigenvalue weighted by Crippen LogP contribution is -2.11. The minimum absolute atomic E-state index is 0.651. The first-order valence-electron chi connectivity index (χ1n) is 6.36. The van der Waals surface area contributed by atoms with Crippen molar-refractivity contribution >= 4 is 40.1 Å². The average Bonchev–Trinajstić information content (AvgIpc) is 2.53. The Morgan fingerprint density at radius 3 is 2.86 bits per heavy atom. The van der Waals surface area contributed by atoms with E-state index in [0.717, 1.165) is 21.5 Å². The van der Waals surface area contributed by atoms with Crippen molar-refractivity contribution in [2.24, 2.45) is 5.84 Å². The number of aromatic nitrogens is 2. The number of fused-ring (bicyclic) bond motifs is 1. The monoisotopic (exact) mass is 316 g/mol. The van der Waals surface area contributed by atoms with E-state index in [1.54, 1.807) is 18.0 Å². The van der Waals surface area contributed by atoms with Crippen molar-refractivity contribution in [1.29, 1.82) is 0 Å². The van der Waals surface area contributed by atoms with Gasteiger partial charge in [-0.15, -0.1) is 11.8 Å². The summed E-state index contributed by atoms with van der Waals surface area (Å²) in [4.78, 5) is 8.80. The van der Waals surface area contributed by atoms with E-state index >= 15 is 0 Å². The molecule has 106 valence electrons. The zero-order valence-electron chi connectivity index (χ0n) is 11.1. The quantitative estimate of drug-likeness (QED) is 0.435. The third-order valence-electron chi connectivity index (χ3n) is 3.03. The van der Waals surface area contributed by atoms with Crippen molar-refractivity contribution in [2.45, 2.75) is 10.8 Å². The fourth-order valence-electron chi connectivity index (χ4n) is 2.02. The molecule has 2 heterocycles. The van der Waals surface area contributed by atoms with Gasteiger partial charge in [-0.1, -0.05) is 29.8 Å². The van der Waals surface area contributed by atoms with Gasteiger partial charge in [-0.05, 0) is 24.3 Å². The molecule has 0 unspecified atom stereocenters. The van der Waals surface area contributed by atoms with Crippen LogP contribution in [0.15, 0.2) is 53.7 Å². The highest BCUT2D eigenvalue weighted by Crippen LogP contribution is 2.30. The summed E-state index contributed by atoms with van der Waals surface area (Å²) in [7, 11) is 0. The molecule has 0 fully saturated rings. The molecule has 3 aromatic rings. The molecule has 0 saturated heterocycles. The normalized spacial score (nSPS) is 10.8. The summed E-state index contributed by atoms with van der Waals surface area (Å²) >= 11 is 7.68. The largest absolute Gasteiger partial charge is 0.308 e. The Morgan fingerprint density at radius 2 is 2.05 bits per heavy atom. The molecule has 1 aromatic carbocycles. The molecule has 0 radical (unpaired) electrons. The highest BCUT2D eigenvalue weighted by atomic mass is 35.5. The van der Waals surface area contributed by atoms with Gasteiger partial charge in [0.25, 0.3) is 0 Å². The third-order valence-corrected chi connectivity index (χ3v) is 4.50. The summed E-state index contributed by atoms with van der Waals surface area (Å²) in [5.41, 5.74) is 4.59. The van der Waals surface area contributed by atoms with E-state index in [4.69, 9.17) is 17.4 Å². The Morgan fingerprint density at radius 1 is 1.19 bits per heavy atom. The number of halogens is 1. The van der Waals surface area contributed by atoms with E-state index in [1.807, 2.05) is 36.4 Å². The molecule has 0 spiro atoms. The van der Waals surface area contributed by atoms with Crippen molar-refractivity contribution in [3.05, 3.63) is 59.2 Å². The van der Waals surface area contributed by atoms with Gasteiger partial charge in [0.2, 0.25) is 0 Å². The number of nitrogens with zero attached hydrogens (tertiary/aromatic N) is 2. The SMILES string of the molecule is NNc1nc2ccccc2cc1CSc1ncccc1Cl. The van der Waals surface area contributed by atoms with Gasteiger partial charge in [0, 0.05) is 22.9 Å². The minimum atomic E-state index is 0.651. The van der Waals surface area contributed by atoms with Gasteiger partial charge in [-0.2, -0.15) is 0 Å². The molecule has 2 aromatic heterocycles. The molecule has 0 aliphatic carbocycles. The van der Waals surface area contributed by atoms with Gasteiger partial charge in [0.1, 0.15) is 10.8 Å². The van der Waals surface area contributed by atoms with Crippen LogP contribution in [0.1, 0.15) is 5.56 Å². The standard InChI is InChI=1S/C15H13ClN4S/c16-12-5-3-7-18-15(12)21-9-11-8-10-4-1-2-6-13(10)19-14(11)20-17/h1-8H,9,17H2,(H,19,20). The highest BCUT2D eigenvalue weighted by molar-refractivity contribution is 7.98. The first-order valence-corrected chi connectivity index (χ1v) is 7.73. The van der Waals surface area contributed by atoms with E-state index < -0.39 is 0 Å². The van der Waals surface area contributed by atoms with E-state index in [9.17, 15) is 0 Å². The number of hydrazine groups is 1. The zero-order chi connectivity index (χ0) is 14.7. The van der Waals surface area contributed by atoms with Gasteiger partial charge in [0.15, 0.2) is 0 Å². The number of rotatable bonds is 4. The Bertz CT molecular complexity index is 778. The molecular formula is C15H13ClN4S. The van der Waals surface area contributed by atoms with Crippen molar-refractivity contribution in [1.82, 2.24) is 9.97 Å². The summed E-state index contributed by atoms with van der Waals surface area (Å²) in [6.45, 7) is 0. The topological polar surface area (TPSA) is 63.8 Å². The van der Waals surface area contributed by atoms with E-state index in [0.29, 0.717) is 16.6 Å². The molecule has 0 saturated carbocycles. The van der Waals surface area contributed by atoms with Gasteiger partial charge < -0.3 is 5.43 Å². The van der Waals surface area contributed by atoms with Crippen molar-refractivity contribution in [3.8, 4) is 0 Å². The van der Waals surface area contributed by atoms with Gasteiger partial charge in [0.05, 0.1) is 10.5 Å². The number of thioether (sulfide) groups is 1. The van der Waals surface area contributed by atoms with Crippen LogP contribution >= 0.6 is 23.4 Å². The van der Waals surface area contributed by atoms with Crippen LogP contribution in [0.5, 0.6) is 0 Å². The third kappa shape index (κ3) is 3.10. The second-order valence-electron chi connectivity index (χ2n) is 4.41. The Hall–Kier alpha value is -1.82. The molecule has 3 N–H and O–H groups in total. The Balaban J connectivity index is 1.91. The van der Waals surface area contributed by atoms with Gasteiger partial charge in [-0.25, -0.2) is 15.8 Å². The van der Waals surface area contributed by atoms with Gasteiger partial charge in [-0.3, -0.25) is 0 Å². The number of hydrogen-bond acceptors (Lipinski definition) is 5. The molecule has 0 atom stereocenters. The van der Waals surface area contributed by atoms with Crippen LogP contribution in [0.25, 0.3) is 10.9 Å². The number of anilines is 1. The van der Waals surface area contributed by atoms with E-state index in [-0.39, 0.29) is 0 Å². The van der Waals surface area contributed by atoms with E-state index in [1.165, 1.54) is 0 Å². The summed E-state index contributed by atoms with van der Waals surface area (Å²) in [6.07, 6.45) is 1.73. The lowest BCUT2D eigenvalue weighted by atomic mass is 10.1. The highest BCUT2D eigenvalue weighted by Gasteiger charge is 2.08.